The summed E-state index contributed by atoms with van der Waals surface area (Å²) >= 11 is 0. The van der Waals surface area contributed by atoms with Crippen molar-refractivity contribution in [2.24, 2.45) is 0 Å². The number of anilines is 2. The first kappa shape index (κ1) is 21.7. The number of rotatable bonds is 7. The van der Waals surface area contributed by atoms with E-state index in [1.165, 1.54) is 16.5 Å². The van der Waals surface area contributed by atoms with E-state index in [4.69, 9.17) is 4.74 Å². The van der Waals surface area contributed by atoms with E-state index in [9.17, 15) is 14.0 Å². The molecule has 0 bridgehead atoms. The lowest BCUT2D eigenvalue weighted by molar-refractivity contribution is -0.127. The van der Waals surface area contributed by atoms with Gasteiger partial charge in [0.25, 0.3) is 0 Å². The maximum atomic E-state index is 13.9. The molecule has 2 fully saturated rings. The second kappa shape index (κ2) is 9.73. The predicted molar refractivity (Wildman–Crippen MR) is 117 cm³/mol. The molecule has 10 heteroatoms. The number of hydrogen-bond acceptors (Lipinski definition) is 7. The van der Waals surface area contributed by atoms with E-state index >= 15 is 0 Å². The van der Waals surface area contributed by atoms with Gasteiger partial charge in [-0.05, 0) is 17.2 Å². The molecule has 2 aromatic rings. The Morgan fingerprint density at radius 2 is 1.84 bits per heavy atom. The predicted octanol–water partition coefficient (Wildman–Crippen LogP) is 2.01. The third kappa shape index (κ3) is 5.20. The van der Waals surface area contributed by atoms with E-state index < -0.39 is 12.0 Å². The largest absolute Gasteiger partial charge is 0.447 e. The fourth-order valence-corrected chi connectivity index (χ4v) is 3.68. The Hall–Kier alpha value is -3.53. The summed E-state index contributed by atoms with van der Waals surface area (Å²) in [6, 6.07) is 9.21. The Bertz CT molecular complexity index is 992. The zero-order valence-corrected chi connectivity index (χ0v) is 17.7. The number of carbonyl (C=O) groups is 2. The monoisotopic (exact) mass is 440 g/mol. The van der Waals surface area contributed by atoms with Crippen LogP contribution in [-0.2, 0) is 22.6 Å². The van der Waals surface area contributed by atoms with E-state index in [0.717, 1.165) is 31.3 Å². The topological polar surface area (TPSA) is 90.9 Å². The summed E-state index contributed by atoms with van der Waals surface area (Å²) in [5, 5.41) is 3.01. The van der Waals surface area contributed by atoms with Crippen molar-refractivity contribution in [3.8, 4) is 0 Å². The number of cyclic esters (lactones) is 1. The molecule has 0 unspecified atom stereocenters. The summed E-state index contributed by atoms with van der Waals surface area (Å²) < 4.78 is 18.8. The van der Waals surface area contributed by atoms with Crippen molar-refractivity contribution in [3.63, 3.8) is 0 Å². The number of benzene rings is 1. The highest BCUT2D eigenvalue weighted by Gasteiger charge is 2.26. The highest BCUT2D eigenvalue weighted by atomic mass is 19.1. The van der Waals surface area contributed by atoms with Gasteiger partial charge in [0.2, 0.25) is 17.8 Å². The van der Waals surface area contributed by atoms with Crippen LogP contribution in [0.3, 0.4) is 0 Å². The summed E-state index contributed by atoms with van der Waals surface area (Å²) in [5.74, 6) is -0.456. The van der Waals surface area contributed by atoms with Gasteiger partial charge in [-0.2, -0.15) is 14.4 Å². The van der Waals surface area contributed by atoms with Crippen LogP contribution in [0.1, 0.15) is 11.1 Å². The second-order valence-corrected chi connectivity index (χ2v) is 7.61. The fourth-order valence-electron chi connectivity index (χ4n) is 3.68. The molecular weight excluding hydrogens is 415 g/mol. The van der Waals surface area contributed by atoms with Gasteiger partial charge >= 0.3 is 6.09 Å². The lowest BCUT2D eigenvalue weighted by Crippen LogP contribution is -2.47. The Morgan fingerprint density at radius 1 is 1.12 bits per heavy atom. The molecule has 1 aromatic heterocycles. The molecule has 3 heterocycles. The zero-order chi connectivity index (χ0) is 22.5. The van der Waals surface area contributed by atoms with Gasteiger partial charge < -0.3 is 15.0 Å². The standard InChI is InChI=1S/C22H25FN6O3/c1-2-20(30)28-9-7-27(8-10-28)15-17-5-3-16(4-6-17)14-24-21-25-18(23)13-19(26-21)29-11-12-32-22(29)31/h2-6,13H,1,7-12,14-15H2,(H,24,25,26). The zero-order valence-electron chi connectivity index (χ0n) is 17.7. The van der Waals surface area contributed by atoms with Crippen molar-refractivity contribution in [1.82, 2.24) is 19.8 Å². The number of piperazine rings is 1. The van der Waals surface area contributed by atoms with Gasteiger partial charge in [0.05, 0.1) is 6.54 Å². The maximum absolute atomic E-state index is 13.9. The normalized spacial score (nSPS) is 16.7. The fraction of sp³-hybridized carbons (Fsp3) is 0.364. The van der Waals surface area contributed by atoms with Gasteiger partial charge in [0.1, 0.15) is 12.4 Å². The Morgan fingerprint density at radius 3 is 2.50 bits per heavy atom. The highest BCUT2D eigenvalue weighted by Crippen LogP contribution is 2.19. The van der Waals surface area contributed by atoms with Crippen LogP contribution in [0.25, 0.3) is 0 Å². The van der Waals surface area contributed by atoms with Crippen LogP contribution < -0.4 is 10.2 Å². The lowest BCUT2D eigenvalue weighted by Gasteiger charge is -2.34. The van der Waals surface area contributed by atoms with Gasteiger partial charge in [-0.3, -0.25) is 14.6 Å². The van der Waals surface area contributed by atoms with E-state index in [1.54, 1.807) is 0 Å². The third-order valence-electron chi connectivity index (χ3n) is 5.46. The average molecular weight is 440 g/mol. The number of aromatic nitrogens is 2. The molecule has 2 aliphatic heterocycles. The molecule has 168 valence electrons. The number of hydrogen-bond donors (Lipinski definition) is 1. The summed E-state index contributed by atoms with van der Waals surface area (Å²) in [6.45, 7) is 8.41. The molecule has 1 N–H and O–H groups in total. The van der Waals surface area contributed by atoms with Crippen molar-refractivity contribution in [2.75, 3.05) is 49.5 Å². The van der Waals surface area contributed by atoms with Crippen molar-refractivity contribution < 1.29 is 18.7 Å². The quantitative estimate of drug-likeness (QED) is 0.520. The van der Waals surface area contributed by atoms with Crippen molar-refractivity contribution in [2.45, 2.75) is 13.1 Å². The number of nitrogens with zero attached hydrogens (tertiary/aromatic N) is 5. The molecule has 1 aromatic carbocycles. The van der Waals surface area contributed by atoms with Crippen LogP contribution in [0.4, 0.5) is 21.0 Å². The van der Waals surface area contributed by atoms with Crippen LogP contribution in [0, 0.1) is 5.95 Å². The lowest BCUT2D eigenvalue weighted by atomic mass is 10.1. The van der Waals surface area contributed by atoms with Crippen LogP contribution in [0.5, 0.6) is 0 Å². The summed E-state index contributed by atoms with van der Waals surface area (Å²) in [7, 11) is 0. The number of ether oxygens (including phenoxy) is 1. The first-order valence-electron chi connectivity index (χ1n) is 10.5. The molecule has 0 spiro atoms. The van der Waals surface area contributed by atoms with Crippen LogP contribution in [-0.4, -0.2) is 71.1 Å². The van der Waals surface area contributed by atoms with Gasteiger partial charge in [-0.1, -0.05) is 30.8 Å². The SMILES string of the molecule is C=CC(=O)N1CCN(Cc2ccc(CNc3nc(F)cc(N4CCOC4=O)n3)cc2)CC1. The first-order chi connectivity index (χ1) is 15.5. The first-order valence-corrected chi connectivity index (χ1v) is 10.5. The molecule has 0 radical (unpaired) electrons. The molecule has 4 rings (SSSR count). The van der Waals surface area contributed by atoms with Crippen LogP contribution >= 0.6 is 0 Å². The van der Waals surface area contributed by atoms with Crippen molar-refractivity contribution in [3.05, 3.63) is 60.1 Å². The minimum absolute atomic E-state index is 0.0173. The third-order valence-corrected chi connectivity index (χ3v) is 5.46. The molecule has 9 nitrogen and oxygen atoms in total. The number of nitrogens with one attached hydrogen (secondary N) is 1. The molecule has 2 aliphatic rings. The number of carbonyl (C=O) groups excluding carboxylic acids is 2. The van der Waals surface area contributed by atoms with E-state index in [2.05, 4.69) is 38.9 Å². The van der Waals surface area contributed by atoms with E-state index in [1.807, 2.05) is 17.0 Å². The Labute approximate surface area is 185 Å². The molecule has 0 saturated carbocycles. The molecule has 2 saturated heterocycles. The second-order valence-electron chi connectivity index (χ2n) is 7.61. The number of halogens is 1. The van der Waals surface area contributed by atoms with Crippen molar-refractivity contribution in [1.29, 1.82) is 0 Å². The van der Waals surface area contributed by atoms with Crippen molar-refractivity contribution >= 4 is 23.8 Å². The van der Waals surface area contributed by atoms with Gasteiger partial charge in [0.15, 0.2) is 0 Å². The molecular formula is C22H25FN6O3. The smallest absolute Gasteiger partial charge is 0.415 e. The van der Waals surface area contributed by atoms with Gasteiger partial charge in [-0.25, -0.2) is 4.79 Å². The summed E-state index contributed by atoms with van der Waals surface area (Å²) in [4.78, 5) is 36.7. The molecule has 0 atom stereocenters. The van der Waals surface area contributed by atoms with E-state index in [-0.39, 0.29) is 24.3 Å². The van der Waals surface area contributed by atoms with Gasteiger partial charge in [0, 0.05) is 45.3 Å². The minimum atomic E-state index is -0.720. The van der Waals surface area contributed by atoms with Crippen LogP contribution in [0.15, 0.2) is 43.0 Å². The number of amides is 2. The van der Waals surface area contributed by atoms with E-state index in [0.29, 0.717) is 26.2 Å². The Kier molecular flexibility index (Phi) is 6.60. The van der Waals surface area contributed by atoms with Crippen LogP contribution in [0.2, 0.25) is 0 Å². The molecule has 0 aliphatic carbocycles. The molecule has 2 amide bonds. The summed E-state index contributed by atoms with van der Waals surface area (Å²) in [5.41, 5.74) is 2.17. The minimum Gasteiger partial charge on any atom is -0.447 e. The molecule has 32 heavy (non-hydrogen) atoms. The van der Waals surface area contributed by atoms with Gasteiger partial charge in [-0.15, -0.1) is 0 Å². The Balaban J connectivity index is 1.30. The average Bonchev–Trinajstić information content (AvgIpc) is 3.24. The highest BCUT2D eigenvalue weighted by molar-refractivity contribution is 5.88. The summed E-state index contributed by atoms with van der Waals surface area (Å²) in [6.07, 6.45) is 0.816. The maximum Gasteiger partial charge on any atom is 0.415 e.